The van der Waals surface area contributed by atoms with E-state index >= 15 is 0 Å². The minimum absolute atomic E-state index is 0.104. The van der Waals surface area contributed by atoms with E-state index in [2.05, 4.69) is 36.2 Å². The average molecular weight is 206 g/mol. The van der Waals surface area contributed by atoms with Gasteiger partial charge in [-0.2, -0.15) is 0 Å². The number of hydrogen-bond acceptors (Lipinski definition) is 3. The van der Waals surface area contributed by atoms with Crippen LogP contribution in [0.4, 0.5) is 0 Å². The van der Waals surface area contributed by atoms with Crippen LogP contribution in [0.5, 0.6) is 0 Å². The zero-order chi connectivity index (χ0) is 10.0. The second-order valence-electron chi connectivity index (χ2n) is 3.67. The number of nitrogens with two attached hydrogens (primary N) is 1. The smallest absolute Gasteiger partial charge is 0.154 e. The van der Waals surface area contributed by atoms with Gasteiger partial charge in [0.1, 0.15) is 0 Å². The summed E-state index contributed by atoms with van der Waals surface area (Å²) in [6.45, 7) is 3.07. The zero-order valence-corrected chi connectivity index (χ0v) is 9.05. The fourth-order valence-electron chi connectivity index (χ4n) is 1.69. The molecule has 1 unspecified atom stereocenters. The number of amidine groups is 1. The Morgan fingerprint density at radius 2 is 2.07 bits per heavy atom. The molecule has 1 aromatic rings. The van der Waals surface area contributed by atoms with Gasteiger partial charge in [-0.3, -0.25) is 4.99 Å². The molecule has 0 spiro atoms. The Kier molecular flexibility index (Phi) is 2.50. The van der Waals surface area contributed by atoms with Crippen molar-refractivity contribution in [2.75, 3.05) is 6.54 Å². The molecule has 2 N–H and O–H groups in total. The summed E-state index contributed by atoms with van der Waals surface area (Å²) in [6, 6.07) is 10.5. The van der Waals surface area contributed by atoms with Gasteiger partial charge in [-0.25, -0.2) is 0 Å². The number of hydrogen-bond donors (Lipinski definition) is 1. The van der Waals surface area contributed by atoms with Gasteiger partial charge in [-0.05, 0) is 18.9 Å². The summed E-state index contributed by atoms with van der Waals surface area (Å²) in [5.74, 6) is 0. The molecule has 0 saturated heterocycles. The molecule has 0 amide bonds. The summed E-state index contributed by atoms with van der Waals surface area (Å²) in [4.78, 5) is 4.21. The van der Waals surface area contributed by atoms with Gasteiger partial charge in [-0.15, -0.1) is 0 Å². The number of benzene rings is 1. The highest BCUT2D eigenvalue weighted by atomic mass is 32.2. The summed E-state index contributed by atoms with van der Waals surface area (Å²) < 4.78 is 0.104. The van der Waals surface area contributed by atoms with Crippen LogP contribution in [0.15, 0.2) is 35.3 Å². The molecular formula is C11H14N2S. The molecule has 0 bridgehead atoms. The number of nitrogens with zero attached hydrogens (tertiary/aromatic N) is 1. The van der Waals surface area contributed by atoms with Crippen LogP contribution in [0.25, 0.3) is 0 Å². The largest absolute Gasteiger partial charge is 0.379 e. The van der Waals surface area contributed by atoms with Gasteiger partial charge in [0.2, 0.25) is 0 Å². The van der Waals surface area contributed by atoms with Crippen molar-refractivity contribution < 1.29 is 0 Å². The Bertz CT molecular complexity index is 348. The molecule has 2 rings (SSSR count). The lowest BCUT2D eigenvalue weighted by Crippen LogP contribution is -2.28. The molecule has 0 radical (unpaired) electrons. The normalized spacial score (nSPS) is 27.1. The van der Waals surface area contributed by atoms with E-state index < -0.39 is 0 Å². The van der Waals surface area contributed by atoms with E-state index in [1.54, 1.807) is 11.8 Å². The molecule has 74 valence electrons. The highest BCUT2D eigenvalue weighted by molar-refractivity contribution is 8.14. The van der Waals surface area contributed by atoms with Crippen LogP contribution >= 0.6 is 11.8 Å². The first-order valence-corrected chi connectivity index (χ1v) is 5.57. The summed E-state index contributed by atoms with van der Waals surface area (Å²) in [5, 5.41) is 0.711. The van der Waals surface area contributed by atoms with Gasteiger partial charge in [0.15, 0.2) is 5.17 Å². The van der Waals surface area contributed by atoms with Gasteiger partial charge in [0, 0.05) is 11.3 Å². The summed E-state index contributed by atoms with van der Waals surface area (Å²) >= 11 is 1.67. The highest BCUT2D eigenvalue weighted by Gasteiger charge is 2.30. The van der Waals surface area contributed by atoms with Crippen molar-refractivity contribution in [3.05, 3.63) is 35.9 Å². The third kappa shape index (κ3) is 1.77. The maximum Gasteiger partial charge on any atom is 0.154 e. The van der Waals surface area contributed by atoms with E-state index in [1.165, 1.54) is 5.56 Å². The van der Waals surface area contributed by atoms with Crippen LogP contribution in [0.2, 0.25) is 0 Å². The lowest BCUT2D eigenvalue weighted by atomic mass is 9.97. The predicted molar refractivity (Wildman–Crippen MR) is 62.5 cm³/mol. The summed E-state index contributed by atoms with van der Waals surface area (Å²) in [5.41, 5.74) is 7.10. The minimum atomic E-state index is 0.104. The molecule has 0 fully saturated rings. The van der Waals surface area contributed by atoms with Crippen molar-refractivity contribution in [1.29, 1.82) is 0 Å². The predicted octanol–water partition coefficient (Wildman–Crippen LogP) is 2.35. The maximum atomic E-state index is 5.76. The number of thioether (sulfide) groups is 1. The van der Waals surface area contributed by atoms with Gasteiger partial charge >= 0.3 is 0 Å². The van der Waals surface area contributed by atoms with Crippen LogP contribution < -0.4 is 5.73 Å². The highest BCUT2D eigenvalue weighted by Crippen LogP contribution is 2.41. The van der Waals surface area contributed by atoms with Crippen molar-refractivity contribution in [3.8, 4) is 0 Å². The molecule has 1 aromatic carbocycles. The monoisotopic (exact) mass is 206 g/mol. The first-order valence-electron chi connectivity index (χ1n) is 4.75. The Labute approximate surface area is 88.6 Å². The van der Waals surface area contributed by atoms with Crippen LogP contribution in [0.1, 0.15) is 18.9 Å². The van der Waals surface area contributed by atoms with E-state index in [0.29, 0.717) is 5.17 Å². The molecule has 0 aliphatic carbocycles. The second kappa shape index (κ2) is 3.65. The minimum Gasteiger partial charge on any atom is -0.379 e. The quantitative estimate of drug-likeness (QED) is 0.766. The Hall–Kier alpha value is -0.960. The standard InChI is InChI=1S/C11H14N2S/c1-11(7-8-13-10(12)14-11)9-5-3-2-4-6-9/h2-6H,7-8H2,1H3,(H2,12,13). The van der Waals surface area contributed by atoms with E-state index in [4.69, 9.17) is 5.73 Å². The third-order valence-corrected chi connectivity index (χ3v) is 3.80. The van der Waals surface area contributed by atoms with E-state index in [0.717, 1.165) is 13.0 Å². The molecule has 0 aromatic heterocycles. The van der Waals surface area contributed by atoms with Crippen LogP contribution in [0.3, 0.4) is 0 Å². The van der Waals surface area contributed by atoms with Gasteiger partial charge in [0.05, 0.1) is 0 Å². The van der Waals surface area contributed by atoms with Crippen LogP contribution in [0, 0.1) is 0 Å². The fraction of sp³-hybridized carbons (Fsp3) is 0.364. The van der Waals surface area contributed by atoms with E-state index in [-0.39, 0.29) is 4.75 Å². The lowest BCUT2D eigenvalue weighted by Gasteiger charge is -2.31. The Morgan fingerprint density at radius 3 is 2.71 bits per heavy atom. The van der Waals surface area contributed by atoms with Gasteiger partial charge in [0.25, 0.3) is 0 Å². The number of rotatable bonds is 1. The van der Waals surface area contributed by atoms with Crippen molar-refractivity contribution in [1.82, 2.24) is 0 Å². The molecule has 1 aliphatic heterocycles. The molecular weight excluding hydrogens is 192 g/mol. The van der Waals surface area contributed by atoms with Gasteiger partial charge < -0.3 is 5.73 Å². The lowest BCUT2D eigenvalue weighted by molar-refractivity contribution is 0.628. The molecule has 2 nitrogen and oxygen atoms in total. The van der Waals surface area contributed by atoms with Crippen molar-refractivity contribution in [2.45, 2.75) is 18.1 Å². The van der Waals surface area contributed by atoms with E-state index in [1.807, 2.05) is 6.07 Å². The van der Waals surface area contributed by atoms with Crippen molar-refractivity contribution in [3.63, 3.8) is 0 Å². The molecule has 1 atom stereocenters. The topological polar surface area (TPSA) is 38.4 Å². The molecule has 1 aliphatic rings. The third-order valence-electron chi connectivity index (χ3n) is 2.57. The SMILES string of the molecule is CC1(c2ccccc2)CCN=C(N)S1. The molecule has 3 heteroatoms. The fourth-order valence-corrected chi connectivity index (χ4v) is 2.75. The van der Waals surface area contributed by atoms with Crippen LogP contribution in [-0.4, -0.2) is 11.7 Å². The van der Waals surface area contributed by atoms with E-state index in [9.17, 15) is 0 Å². The van der Waals surface area contributed by atoms with Crippen molar-refractivity contribution >= 4 is 16.9 Å². The zero-order valence-electron chi connectivity index (χ0n) is 8.23. The Morgan fingerprint density at radius 1 is 1.36 bits per heavy atom. The average Bonchev–Trinajstić information content (AvgIpc) is 2.19. The molecule has 1 heterocycles. The Balaban J connectivity index is 2.30. The molecule has 14 heavy (non-hydrogen) atoms. The first-order chi connectivity index (χ1) is 6.71. The number of aliphatic imine (C=N–C) groups is 1. The summed E-state index contributed by atoms with van der Waals surface area (Å²) in [7, 11) is 0. The van der Waals surface area contributed by atoms with Crippen LogP contribution in [-0.2, 0) is 4.75 Å². The maximum absolute atomic E-state index is 5.76. The molecule has 0 saturated carbocycles. The first kappa shape index (κ1) is 9.59. The summed E-state index contributed by atoms with van der Waals surface area (Å²) in [6.07, 6.45) is 1.06. The second-order valence-corrected chi connectivity index (χ2v) is 5.19. The van der Waals surface area contributed by atoms with Gasteiger partial charge in [-0.1, -0.05) is 42.1 Å². The van der Waals surface area contributed by atoms with Crippen molar-refractivity contribution in [2.24, 2.45) is 10.7 Å².